The number of amides is 1. The van der Waals surface area contributed by atoms with Crippen LogP contribution in [0.25, 0.3) is 16.6 Å². The van der Waals surface area contributed by atoms with Crippen molar-refractivity contribution in [3.05, 3.63) is 93.0 Å². The number of carbonyl (C=O) groups is 1. The topological polar surface area (TPSA) is 73.7 Å². The molecular formula is C27H24ClN3O4. The third-order valence-corrected chi connectivity index (χ3v) is 6.50. The number of aryl methyl sites for hydroxylation is 1. The summed E-state index contributed by atoms with van der Waals surface area (Å²) >= 11 is 6.19. The van der Waals surface area contributed by atoms with Crippen molar-refractivity contribution >= 4 is 28.4 Å². The van der Waals surface area contributed by atoms with Crippen molar-refractivity contribution in [3.63, 3.8) is 0 Å². The molecule has 2 heterocycles. The highest BCUT2D eigenvalue weighted by atomic mass is 35.5. The van der Waals surface area contributed by atoms with Gasteiger partial charge in [-0.2, -0.15) is 0 Å². The van der Waals surface area contributed by atoms with E-state index in [0.717, 1.165) is 5.56 Å². The van der Waals surface area contributed by atoms with E-state index in [4.69, 9.17) is 26.1 Å². The van der Waals surface area contributed by atoms with Gasteiger partial charge in [-0.25, -0.2) is 4.98 Å². The zero-order valence-corrected chi connectivity index (χ0v) is 20.4. The molecule has 178 valence electrons. The Morgan fingerprint density at radius 2 is 1.89 bits per heavy atom. The van der Waals surface area contributed by atoms with E-state index in [1.807, 2.05) is 51.1 Å². The van der Waals surface area contributed by atoms with Gasteiger partial charge in [-0.1, -0.05) is 23.7 Å². The van der Waals surface area contributed by atoms with Crippen LogP contribution in [-0.4, -0.2) is 33.7 Å². The smallest absolute Gasteiger partial charge is 0.266 e. The van der Waals surface area contributed by atoms with Crippen molar-refractivity contribution in [2.75, 3.05) is 13.3 Å². The van der Waals surface area contributed by atoms with Crippen molar-refractivity contribution in [1.29, 1.82) is 0 Å². The monoisotopic (exact) mass is 489 g/mol. The lowest BCUT2D eigenvalue weighted by Crippen LogP contribution is -2.37. The molecule has 7 nitrogen and oxygen atoms in total. The van der Waals surface area contributed by atoms with Gasteiger partial charge in [0.05, 0.1) is 22.6 Å². The quantitative estimate of drug-likeness (QED) is 0.380. The molecule has 1 amide bonds. The van der Waals surface area contributed by atoms with Crippen LogP contribution < -0.4 is 15.0 Å². The van der Waals surface area contributed by atoms with Gasteiger partial charge in [0.1, 0.15) is 5.82 Å². The normalized spacial score (nSPS) is 13.1. The number of benzene rings is 3. The van der Waals surface area contributed by atoms with Crippen LogP contribution in [0.1, 0.15) is 41.6 Å². The third-order valence-electron chi connectivity index (χ3n) is 6.26. The predicted molar refractivity (Wildman–Crippen MR) is 135 cm³/mol. The van der Waals surface area contributed by atoms with E-state index in [1.165, 1.54) is 0 Å². The van der Waals surface area contributed by atoms with Gasteiger partial charge in [0.25, 0.3) is 11.5 Å². The molecule has 0 radical (unpaired) electrons. The molecule has 0 spiro atoms. The first-order valence-electron chi connectivity index (χ1n) is 11.4. The third kappa shape index (κ3) is 4.02. The molecule has 0 saturated carbocycles. The molecule has 3 aromatic carbocycles. The molecule has 8 heteroatoms. The van der Waals surface area contributed by atoms with Crippen molar-refractivity contribution in [3.8, 4) is 17.2 Å². The number of nitrogens with zero attached hydrogens (tertiary/aromatic N) is 3. The lowest BCUT2D eigenvalue weighted by Gasteiger charge is -2.30. The summed E-state index contributed by atoms with van der Waals surface area (Å²) in [5.74, 6) is 1.42. The molecule has 0 N–H and O–H groups in total. The standard InChI is InChI=1S/C27H24ClN3O4/c1-4-30(26(32)18-9-12-23-24(14-18)35-15-34-23)17(3)25-29-21-8-6-5-7-20(21)27(33)31(25)22-11-10-19(28)13-16(22)2/h5-14,17H,4,15H2,1-3H3. The Labute approximate surface area is 207 Å². The summed E-state index contributed by atoms with van der Waals surface area (Å²) in [6, 6.07) is 17.2. The minimum absolute atomic E-state index is 0.134. The Bertz CT molecular complexity index is 1510. The number of aromatic nitrogens is 2. The lowest BCUT2D eigenvalue weighted by atomic mass is 10.1. The van der Waals surface area contributed by atoms with Crippen LogP contribution in [0, 0.1) is 6.92 Å². The van der Waals surface area contributed by atoms with Crippen LogP contribution >= 0.6 is 11.6 Å². The van der Waals surface area contributed by atoms with Gasteiger partial charge >= 0.3 is 0 Å². The van der Waals surface area contributed by atoms with Crippen molar-refractivity contribution in [2.24, 2.45) is 0 Å². The summed E-state index contributed by atoms with van der Waals surface area (Å²) in [5, 5.41) is 1.08. The van der Waals surface area contributed by atoms with Gasteiger partial charge in [0.2, 0.25) is 6.79 Å². The number of hydrogen-bond acceptors (Lipinski definition) is 5. The first kappa shape index (κ1) is 22.9. The minimum atomic E-state index is -0.509. The van der Waals surface area contributed by atoms with E-state index in [0.29, 0.717) is 51.0 Å². The molecule has 0 bridgehead atoms. The van der Waals surface area contributed by atoms with Crippen LogP contribution in [0.3, 0.4) is 0 Å². The Morgan fingerprint density at radius 3 is 2.66 bits per heavy atom. The maximum atomic E-state index is 13.7. The van der Waals surface area contributed by atoms with E-state index in [2.05, 4.69) is 0 Å². The summed E-state index contributed by atoms with van der Waals surface area (Å²) in [4.78, 5) is 33.9. The molecule has 1 unspecified atom stereocenters. The summed E-state index contributed by atoms with van der Waals surface area (Å²) in [6.45, 7) is 6.23. The first-order valence-corrected chi connectivity index (χ1v) is 11.8. The molecule has 1 aliphatic heterocycles. The number of rotatable bonds is 5. The Hall–Kier alpha value is -3.84. The molecule has 1 atom stereocenters. The van der Waals surface area contributed by atoms with Gasteiger partial charge < -0.3 is 14.4 Å². The molecule has 1 aromatic heterocycles. The average Bonchev–Trinajstić information content (AvgIpc) is 3.33. The molecule has 0 aliphatic carbocycles. The van der Waals surface area contributed by atoms with E-state index >= 15 is 0 Å². The molecule has 35 heavy (non-hydrogen) atoms. The van der Waals surface area contributed by atoms with E-state index < -0.39 is 6.04 Å². The molecule has 0 fully saturated rings. The lowest BCUT2D eigenvalue weighted by molar-refractivity contribution is 0.0693. The zero-order chi connectivity index (χ0) is 24.7. The summed E-state index contributed by atoms with van der Waals surface area (Å²) in [6.07, 6.45) is 0. The van der Waals surface area contributed by atoms with Crippen LogP contribution in [-0.2, 0) is 0 Å². The zero-order valence-electron chi connectivity index (χ0n) is 19.6. The van der Waals surface area contributed by atoms with E-state index in [-0.39, 0.29) is 18.3 Å². The van der Waals surface area contributed by atoms with Gasteiger partial charge in [0, 0.05) is 17.1 Å². The SMILES string of the molecule is CCN(C(=O)c1ccc2c(c1)OCO2)C(C)c1nc2ccccc2c(=O)n1-c1ccc(Cl)cc1C. The minimum Gasteiger partial charge on any atom is -0.454 e. The Morgan fingerprint density at radius 1 is 1.11 bits per heavy atom. The number of ether oxygens (including phenoxy) is 2. The van der Waals surface area contributed by atoms with E-state index in [1.54, 1.807) is 39.8 Å². The highest BCUT2D eigenvalue weighted by Gasteiger charge is 2.28. The van der Waals surface area contributed by atoms with Crippen LogP contribution in [0.5, 0.6) is 11.5 Å². The van der Waals surface area contributed by atoms with Crippen molar-refractivity contribution in [2.45, 2.75) is 26.8 Å². The second kappa shape index (κ2) is 9.07. The highest BCUT2D eigenvalue weighted by molar-refractivity contribution is 6.30. The predicted octanol–water partition coefficient (Wildman–Crippen LogP) is 5.30. The maximum absolute atomic E-state index is 13.7. The Kier molecular flexibility index (Phi) is 5.94. The number of carbonyl (C=O) groups excluding carboxylic acids is 1. The number of fused-ring (bicyclic) bond motifs is 2. The fourth-order valence-electron chi connectivity index (χ4n) is 4.46. The highest BCUT2D eigenvalue weighted by Crippen LogP contribution is 2.34. The summed E-state index contributed by atoms with van der Waals surface area (Å²) in [7, 11) is 0. The van der Waals surface area contributed by atoms with Gasteiger partial charge in [0.15, 0.2) is 11.5 Å². The van der Waals surface area contributed by atoms with Gasteiger partial charge in [-0.15, -0.1) is 0 Å². The fourth-order valence-corrected chi connectivity index (χ4v) is 4.69. The van der Waals surface area contributed by atoms with Crippen molar-refractivity contribution in [1.82, 2.24) is 14.5 Å². The molecule has 4 aromatic rings. The van der Waals surface area contributed by atoms with Gasteiger partial charge in [-0.3, -0.25) is 14.2 Å². The molecule has 5 rings (SSSR count). The largest absolute Gasteiger partial charge is 0.454 e. The molecular weight excluding hydrogens is 466 g/mol. The second-order valence-corrected chi connectivity index (χ2v) is 8.83. The van der Waals surface area contributed by atoms with E-state index in [9.17, 15) is 9.59 Å². The number of hydrogen-bond donors (Lipinski definition) is 0. The van der Waals surface area contributed by atoms with Crippen LogP contribution in [0.15, 0.2) is 65.5 Å². The maximum Gasteiger partial charge on any atom is 0.266 e. The fraction of sp³-hybridized carbons (Fsp3) is 0.222. The summed E-state index contributed by atoms with van der Waals surface area (Å²) in [5.41, 5.74) is 2.35. The number of para-hydroxylation sites is 1. The van der Waals surface area contributed by atoms with Crippen molar-refractivity contribution < 1.29 is 14.3 Å². The Balaban J connectivity index is 1.66. The van der Waals surface area contributed by atoms with Crippen LogP contribution in [0.4, 0.5) is 0 Å². The van der Waals surface area contributed by atoms with Crippen LogP contribution in [0.2, 0.25) is 5.02 Å². The average molecular weight is 490 g/mol. The molecule has 1 aliphatic rings. The molecule has 0 saturated heterocycles. The second-order valence-electron chi connectivity index (χ2n) is 8.39. The first-order chi connectivity index (χ1) is 16.9. The number of halogens is 1. The van der Waals surface area contributed by atoms with Gasteiger partial charge in [-0.05, 0) is 74.9 Å². The summed E-state index contributed by atoms with van der Waals surface area (Å²) < 4.78 is 12.4.